The first-order valence-electron chi connectivity index (χ1n) is 7.46. The highest BCUT2D eigenvalue weighted by molar-refractivity contribution is 5.79. The minimum Gasteiger partial charge on any atom is -0.392 e. The predicted molar refractivity (Wildman–Crippen MR) is 83.1 cm³/mol. The maximum Gasteiger partial charge on any atom is 0.0691 e. The molecule has 1 atom stereocenters. The fourth-order valence-electron chi connectivity index (χ4n) is 3.41. The monoisotopic (exact) mass is 269 g/mol. The number of aliphatic hydroxyl groups excluding tert-OH is 1. The molecule has 0 saturated heterocycles. The first-order chi connectivity index (χ1) is 9.45. The van der Waals surface area contributed by atoms with Gasteiger partial charge in [0.25, 0.3) is 0 Å². The van der Waals surface area contributed by atoms with Gasteiger partial charge in [-0.2, -0.15) is 0 Å². The number of hydrogen-bond donors (Lipinski definition) is 1. The van der Waals surface area contributed by atoms with E-state index in [2.05, 4.69) is 55.8 Å². The lowest BCUT2D eigenvalue weighted by atomic mass is 9.83. The number of rotatable bonds is 3. The van der Waals surface area contributed by atoms with Crippen molar-refractivity contribution in [2.75, 3.05) is 0 Å². The second kappa shape index (κ2) is 4.49. The Labute approximate surface area is 121 Å². The van der Waals surface area contributed by atoms with Gasteiger partial charge in [-0.3, -0.25) is 0 Å². The molecule has 20 heavy (non-hydrogen) atoms. The summed E-state index contributed by atoms with van der Waals surface area (Å²) < 4.78 is 2.20. The van der Waals surface area contributed by atoms with E-state index in [0.717, 1.165) is 6.42 Å². The van der Waals surface area contributed by atoms with Crippen LogP contribution in [-0.4, -0.2) is 15.8 Å². The van der Waals surface area contributed by atoms with Crippen molar-refractivity contribution in [3.63, 3.8) is 0 Å². The Bertz CT molecular complexity index is 649. The summed E-state index contributed by atoms with van der Waals surface area (Å²) in [6, 6.07) is 9.05. The molecule has 3 rings (SSSR count). The molecule has 2 aromatic rings. The third-order valence-electron chi connectivity index (χ3n) is 4.52. The van der Waals surface area contributed by atoms with Crippen LogP contribution in [0.25, 0.3) is 11.3 Å². The van der Waals surface area contributed by atoms with Crippen molar-refractivity contribution >= 4 is 0 Å². The second-order valence-corrected chi connectivity index (χ2v) is 6.44. The normalized spacial score (nSPS) is 16.9. The summed E-state index contributed by atoms with van der Waals surface area (Å²) in [4.78, 5) is 0. The molecule has 0 fully saturated rings. The second-order valence-electron chi connectivity index (χ2n) is 6.44. The van der Waals surface area contributed by atoms with Crippen LogP contribution in [0.15, 0.2) is 30.5 Å². The largest absolute Gasteiger partial charge is 0.392 e. The van der Waals surface area contributed by atoms with Gasteiger partial charge < -0.3 is 9.67 Å². The third kappa shape index (κ3) is 1.82. The zero-order chi connectivity index (χ0) is 14.5. The van der Waals surface area contributed by atoms with Crippen LogP contribution in [0.4, 0.5) is 0 Å². The van der Waals surface area contributed by atoms with Gasteiger partial charge >= 0.3 is 0 Å². The minimum absolute atomic E-state index is 0.0564. The molecule has 2 heteroatoms. The van der Waals surface area contributed by atoms with Gasteiger partial charge in [-0.15, -0.1) is 0 Å². The van der Waals surface area contributed by atoms with E-state index in [-0.39, 0.29) is 11.5 Å². The molecule has 0 amide bonds. The van der Waals surface area contributed by atoms with Crippen molar-refractivity contribution in [1.82, 2.24) is 4.57 Å². The van der Waals surface area contributed by atoms with Crippen LogP contribution in [0.5, 0.6) is 0 Å². The summed E-state index contributed by atoms with van der Waals surface area (Å²) in [6.45, 7) is 9.26. The molecule has 106 valence electrons. The highest BCUT2D eigenvalue weighted by Crippen LogP contribution is 2.49. The summed E-state index contributed by atoms with van der Waals surface area (Å²) in [6.07, 6.45) is 2.84. The first-order valence-corrected chi connectivity index (χ1v) is 7.46. The fourth-order valence-corrected chi connectivity index (χ4v) is 3.41. The summed E-state index contributed by atoms with van der Waals surface area (Å²) >= 11 is 0. The van der Waals surface area contributed by atoms with E-state index in [4.69, 9.17) is 0 Å². The maximum atomic E-state index is 9.71. The highest BCUT2D eigenvalue weighted by atomic mass is 16.3. The van der Waals surface area contributed by atoms with Gasteiger partial charge in [0.15, 0.2) is 0 Å². The zero-order valence-corrected chi connectivity index (χ0v) is 12.8. The molecule has 0 radical (unpaired) electrons. The number of aliphatic hydroxyl groups is 1. The van der Waals surface area contributed by atoms with E-state index in [1.165, 1.54) is 27.9 Å². The van der Waals surface area contributed by atoms with Gasteiger partial charge in [0.2, 0.25) is 0 Å². The number of aryl methyl sites for hydroxylation is 1. The summed E-state index contributed by atoms with van der Waals surface area (Å²) in [5.74, 6) is 0. The zero-order valence-electron chi connectivity index (χ0n) is 12.8. The Morgan fingerprint density at radius 2 is 1.95 bits per heavy atom. The Morgan fingerprint density at radius 3 is 2.60 bits per heavy atom. The number of aromatic nitrogens is 1. The fraction of sp³-hybridized carbons (Fsp3) is 0.444. The van der Waals surface area contributed by atoms with Crippen LogP contribution in [0, 0.1) is 0 Å². The highest BCUT2D eigenvalue weighted by Gasteiger charge is 2.37. The summed E-state index contributed by atoms with van der Waals surface area (Å²) in [5.41, 5.74) is 6.84. The van der Waals surface area contributed by atoms with Crippen LogP contribution < -0.4 is 0 Å². The van der Waals surface area contributed by atoms with E-state index in [9.17, 15) is 5.11 Å². The number of benzene rings is 1. The molecular weight excluding hydrogens is 246 g/mol. The van der Waals surface area contributed by atoms with Crippen LogP contribution in [0.1, 0.15) is 44.4 Å². The third-order valence-corrected chi connectivity index (χ3v) is 4.52. The Kier molecular flexibility index (Phi) is 3.02. The smallest absolute Gasteiger partial charge is 0.0691 e. The first kappa shape index (κ1) is 13.4. The van der Waals surface area contributed by atoms with Crippen molar-refractivity contribution in [3.8, 4) is 11.3 Å². The molecule has 0 aliphatic heterocycles. The van der Waals surface area contributed by atoms with Gasteiger partial charge in [-0.1, -0.05) is 32.9 Å². The van der Waals surface area contributed by atoms with Gasteiger partial charge in [0, 0.05) is 23.7 Å². The molecule has 1 aliphatic rings. The maximum absolute atomic E-state index is 9.71. The van der Waals surface area contributed by atoms with Gasteiger partial charge in [-0.05, 0) is 42.2 Å². The van der Waals surface area contributed by atoms with Gasteiger partial charge in [0.1, 0.15) is 0 Å². The lowest BCUT2D eigenvalue weighted by molar-refractivity contribution is 0.174. The van der Waals surface area contributed by atoms with Crippen molar-refractivity contribution in [2.24, 2.45) is 0 Å². The van der Waals surface area contributed by atoms with E-state index < -0.39 is 0 Å². The Morgan fingerprint density at radius 1 is 1.20 bits per heavy atom. The van der Waals surface area contributed by atoms with Gasteiger partial charge in [0.05, 0.1) is 11.8 Å². The van der Waals surface area contributed by atoms with Crippen LogP contribution in [0.3, 0.4) is 0 Å². The molecule has 1 aliphatic carbocycles. The number of hydrogen-bond acceptors (Lipinski definition) is 1. The molecule has 1 unspecified atom stereocenters. The molecule has 1 N–H and O–H groups in total. The van der Waals surface area contributed by atoms with Crippen LogP contribution in [-0.2, 0) is 18.4 Å². The topological polar surface area (TPSA) is 25.2 Å². The predicted octanol–water partition coefficient (Wildman–Crippen LogP) is 3.74. The SMILES string of the molecule is CCc1ccc2c(c1)-c1c(ccn1CC(C)O)C2(C)C. The Balaban J connectivity index is 2.22. The minimum atomic E-state index is -0.326. The quantitative estimate of drug-likeness (QED) is 0.902. The standard InChI is InChI=1S/C18H23NO/c1-5-13-6-7-15-14(10-13)17-16(18(15,3)4)8-9-19(17)11-12(2)20/h6-10,12,20H,5,11H2,1-4H3. The van der Waals surface area contributed by atoms with Gasteiger partial charge in [-0.25, -0.2) is 0 Å². The van der Waals surface area contributed by atoms with Crippen LogP contribution >= 0.6 is 0 Å². The van der Waals surface area contributed by atoms with Crippen molar-refractivity contribution in [2.45, 2.75) is 52.2 Å². The molecule has 1 heterocycles. The van der Waals surface area contributed by atoms with E-state index in [1.807, 2.05) is 6.92 Å². The number of nitrogens with zero attached hydrogens (tertiary/aromatic N) is 1. The van der Waals surface area contributed by atoms with Crippen LogP contribution in [0.2, 0.25) is 0 Å². The van der Waals surface area contributed by atoms with Crippen molar-refractivity contribution in [3.05, 3.63) is 47.2 Å². The molecule has 0 bridgehead atoms. The summed E-state index contributed by atoms with van der Waals surface area (Å²) in [5, 5.41) is 9.71. The molecule has 1 aromatic carbocycles. The molecule has 0 saturated carbocycles. The molecular formula is C18H23NO. The average Bonchev–Trinajstić information content (AvgIpc) is 2.89. The van der Waals surface area contributed by atoms with E-state index in [0.29, 0.717) is 6.54 Å². The lowest BCUT2D eigenvalue weighted by Gasteiger charge is -2.20. The Hall–Kier alpha value is -1.54. The number of fused-ring (bicyclic) bond motifs is 3. The van der Waals surface area contributed by atoms with Crippen molar-refractivity contribution < 1.29 is 5.11 Å². The molecule has 0 spiro atoms. The van der Waals surface area contributed by atoms with E-state index >= 15 is 0 Å². The van der Waals surface area contributed by atoms with Crippen molar-refractivity contribution in [1.29, 1.82) is 0 Å². The molecule has 2 nitrogen and oxygen atoms in total. The average molecular weight is 269 g/mol. The lowest BCUT2D eigenvalue weighted by Crippen LogP contribution is -2.14. The summed E-state index contributed by atoms with van der Waals surface area (Å²) in [7, 11) is 0. The molecule has 1 aromatic heterocycles. The van der Waals surface area contributed by atoms with E-state index in [1.54, 1.807) is 0 Å².